The number of allylic oxidation sites excluding steroid dienone is 16. The number of benzene rings is 2. The molecular weight excluding hydrogens is 1830 g/mol. The lowest BCUT2D eigenvalue weighted by Crippen LogP contribution is -2.55. The van der Waals surface area contributed by atoms with E-state index in [-0.39, 0.29) is 104 Å². The zero-order chi connectivity index (χ0) is 106. The fourth-order valence-electron chi connectivity index (χ4n) is 36.8. The first-order valence-electron chi connectivity index (χ1n) is 59.9. The van der Waals surface area contributed by atoms with Gasteiger partial charge in [-0.3, -0.25) is 30.2 Å². The van der Waals surface area contributed by atoms with E-state index in [0.29, 0.717) is 104 Å². The predicted octanol–water partition coefficient (Wildman–Crippen LogP) is 32.1. The molecule has 6 fully saturated rings. The lowest BCUT2D eigenvalue weighted by atomic mass is 9.45. The molecule has 6 N–H and O–H groups in total. The van der Waals surface area contributed by atoms with Crippen LogP contribution >= 0.6 is 0 Å². The average molecular weight is 2030 g/mol. The lowest BCUT2D eigenvalue weighted by Gasteiger charge is -2.60. The summed E-state index contributed by atoms with van der Waals surface area (Å²) in [7, 11) is 0. The van der Waals surface area contributed by atoms with Crippen LogP contribution < -0.4 is 0 Å². The van der Waals surface area contributed by atoms with Gasteiger partial charge >= 0.3 is 17.9 Å². The Balaban J connectivity index is 0.000000158. The number of esters is 3. The molecule has 0 bridgehead atoms. The SMILES string of the molecule is CC(C)C1=CC2=C(CC1)C1(C)CCCC(C)(C(=O)OCCC(O)CC(OO)C3(C)CCCC4(C)C5=C(C=C(C(C)C)CC5)CCC43)C1CC2.CC(C)C1=CC2=CCC3C(C)(C(=O)OCCC(O)CC(OO)C4(C)CCCC5(C)C6CCC(C(C)C)=CC6=CCC45)CCCC3(C)C2CC1.CC(C)c1ccc2c(c1)CCC1C(C)(C(=O)OCCC(O)CC(OO)C3(C)CCCC4(C)c5ccc(C(C)C)cc5CCC43)CCCC21C. The van der Waals surface area contributed by atoms with Gasteiger partial charge in [-0.2, -0.15) is 0 Å². The predicted molar refractivity (Wildman–Crippen MR) is 592 cm³/mol. The van der Waals surface area contributed by atoms with E-state index in [0.717, 1.165) is 193 Å². The molecule has 26 unspecified atom stereocenters. The molecule has 16 aliphatic carbocycles. The van der Waals surface area contributed by atoms with Crippen molar-refractivity contribution >= 4 is 17.9 Å². The normalized spacial score (nSPS) is 37.1. The van der Waals surface area contributed by atoms with E-state index in [4.69, 9.17) is 28.9 Å². The van der Waals surface area contributed by atoms with E-state index in [1.165, 1.54) is 83.1 Å². The minimum absolute atomic E-state index is 0.00758. The van der Waals surface area contributed by atoms with Gasteiger partial charge in [0.15, 0.2) is 0 Å². The molecule has 26 atom stereocenters. The van der Waals surface area contributed by atoms with Crippen molar-refractivity contribution in [1.29, 1.82) is 0 Å². The Morgan fingerprint density at radius 1 is 0.327 bits per heavy atom. The van der Waals surface area contributed by atoms with Crippen molar-refractivity contribution in [2.75, 3.05) is 19.8 Å². The van der Waals surface area contributed by atoms with Gasteiger partial charge in [0, 0.05) is 54.8 Å². The summed E-state index contributed by atoms with van der Waals surface area (Å²) in [6, 6.07) is 14.1. The molecule has 0 saturated heterocycles. The summed E-state index contributed by atoms with van der Waals surface area (Å²) in [4.78, 5) is 57.7. The molecule has 0 spiro atoms. The van der Waals surface area contributed by atoms with Crippen LogP contribution in [-0.4, -0.2) is 105 Å². The summed E-state index contributed by atoms with van der Waals surface area (Å²) >= 11 is 0. The van der Waals surface area contributed by atoms with Crippen LogP contribution in [0.2, 0.25) is 0 Å². The molecule has 0 heterocycles. The molecular formula is C132H200O15. The Morgan fingerprint density at radius 2 is 0.639 bits per heavy atom. The highest BCUT2D eigenvalue weighted by Crippen LogP contribution is 2.70. The smallest absolute Gasteiger partial charge is 0.312 e. The highest BCUT2D eigenvalue weighted by Gasteiger charge is 2.65. The number of carbonyl (C=O) groups is 3. The second-order valence-corrected chi connectivity index (χ2v) is 56.0. The second-order valence-electron chi connectivity index (χ2n) is 56.0. The van der Waals surface area contributed by atoms with Crippen LogP contribution in [0, 0.1) is 125 Å². The van der Waals surface area contributed by atoms with Gasteiger partial charge in [-0.05, 0) is 384 Å². The maximum absolute atomic E-state index is 13.9. The van der Waals surface area contributed by atoms with E-state index in [1.54, 1.807) is 44.6 Å². The maximum atomic E-state index is 13.9. The number of aliphatic hydroxyl groups excluding tert-OH is 3. The summed E-state index contributed by atoms with van der Waals surface area (Å²) in [6.07, 6.45) is 51.7. The van der Waals surface area contributed by atoms with Crippen LogP contribution in [-0.2, 0) is 66.9 Å². The Hall–Kier alpha value is -5.59. The zero-order valence-corrected chi connectivity index (χ0v) is 96.2. The fraction of sp³-hybridized carbons (Fsp3) is 0.765. The summed E-state index contributed by atoms with van der Waals surface area (Å²) in [6.45, 7) is 55.9. The van der Waals surface area contributed by atoms with Crippen LogP contribution in [0.15, 0.2) is 129 Å². The van der Waals surface area contributed by atoms with Crippen LogP contribution in [0.1, 0.15) is 468 Å². The van der Waals surface area contributed by atoms with Crippen LogP contribution in [0.4, 0.5) is 0 Å². The van der Waals surface area contributed by atoms with Crippen LogP contribution in [0.3, 0.4) is 0 Å². The largest absolute Gasteiger partial charge is 0.465 e. The number of aryl methyl sites for hydroxylation is 2. The van der Waals surface area contributed by atoms with Crippen molar-refractivity contribution in [3.63, 3.8) is 0 Å². The molecule has 2 aromatic rings. The Kier molecular flexibility index (Phi) is 34.8. The maximum Gasteiger partial charge on any atom is 0.312 e. The summed E-state index contributed by atoms with van der Waals surface area (Å²) < 4.78 is 18.2. The van der Waals surface area contributed by atoms with Crippen LogP contribution in [0.25, 0.3) is 0 Å². The number of rotatable bonds is 30. The number of ether oxygens (including phenoxy) is 3. The first-order chi connectivity index (χ1) is 69.5. The Bertz CT molecular complexity index is 5240. The third-order valence-electron chi connectivity index (χ3n) is 45.8. The third kappa shape index (κ3) is 21.4. The topological polar surface area (TPSA) is 228 Å². The number of hydrogen-bond acceptors (Lipinski definition) is 15. The van der Waals surface area contributed by atoms with E-state index in [2.05, 4.69) is 239 Å². The van der Waals surface area contributed by atoms with Crippen molar-refractivity contribution in [3.05, 3.63) is 162 Å². The highest BCUT2D eigenvalue weighted by atomic mass is 17.1. The second kappa shape index (κ2) is 44.9. The van der Waals surface area contributed by atoms with Gasteiger partial charge in [0.25, 0.3) is 0 Å². The van der Waals surface area contributed by atoms with Gasteiger partial charge in [0.1, 0.15) is 18.3 Å². The number of hydrogen-bond donors (Lipinski definition) is 6. The van der Waals surface area contributed by atoms with E-state index >= 15 is 0 Å². The number of aliphatic hydroxyl groups is 3. The van der Waals surface area contributed by atoms with Crippen LogP contribution in [0.5, 0.6) is 0 Å². The summed E-state index contributed by atoms with van der Waals surface area (Å²) in [5, 5.41) is 64.9. The molecule has 2 aromatic carbocycles. The van der Waals surface area contributed by atoms with Crippen molar-refractivity contribution in [2.45, 2.75) is 495 Å². The van der Waals surface area contributed by atoms with Gasteiger partial charge in [-0.15, -0.1) is 0 Å². The molecule has 15 heteroatoms. The molecule has 147 heavy (non-hydrogen) atoms. The van der Waals surface area contributed by atoms with Gasteiger partial charge < -0.3 is 29.5 Å². The quantitative estimate of drug-likeness (QED) is 0.0185. The first kappa shape index (κ1) is 114. The van der Waals surface area contributed by atoms with Crippen molar-refractivity contribution in [3.8, 4) is 0 Å². The van der Waals surface area contributed by atoms with Crippen molar-refractivity contribution in [1.82, 2.24) is 0 Å². The van der Waals surface area contributed by atoms with Gasteiger partial charge in [0.05, 0.1) is 54.4 Å². The van der Waals surface area contributed by atoms with Gasteiger partial charge in [-0.25, -0.2) is 14.7 Å². The molecule has 15 nitrogen and oxygen atoms in total. The molecule has 0 aromatic heterocycles. The molecule has 18 rings (SSSR count). The Labute approximate surface area is 888 Å². The molecule has 16 aliphatic rings. The number of carbonyl (C=O) groups excluding carboxylic acids is 3. The van der Waals surface area contributed by atoms with Crippen molar-refractivity contribution < 1.29 is 74.3 Å². The summed E-state index contributed by atoms with van der Waals surface area (Å²) in [5.74, 6) is 6.02. The summed E-state index contributed by atoms with van der Waals surface area (Å²) in [5.41, 5.74) is 22.3. The zero-order valence-electron chi connectivity index (χ0n) is 96.2. The average Bonchev–Trinajstić information content (AvgIpc) is 0.746. The fourth-order valence-corrected chi connectivity index (χ4v) is 36.8. The van der Waals surface area contributed by atoms with E-state index in [9.17, 15) is 45.5 Å². The lowest BCUT2D eigenvalue weighted by molar-refractivity contribution is -0.322. The molecule has 0 radical (unpaired) electrons. The van der Waals surface area contributed by atoms with E-state index in [1.807, 2.05) is 0 Å². The molecule has 6 saturated carbocycles. The third-order valence-corrected chi connectivity index (χ3v) is 45.8. The Morgan fingerprint density at radius 3 is 1.04 bits per heavy atom. The number of fused-ring (bicyclic) bond motifs is 16. The van der Waals surface area contributed by atoms with E-state index < -0.39 is 52.9 Å². The van der Waals surface area contributed by atoms with Gasteiger partial charge in [0.2, 0.25) is 0 Å². The first-order valence-corrected chi connectivity index (χ1v) is 59.9. The van der Waals surface area contributed by atoms with Gasteiger partial charge in [-0.1, -0.05) is 290 Å². The molecule has 818 valence electrons. The minimum Gasteiger partial charge on any atom is -0.465 e. The molecule has 0 aliphatic heterocycles. The van der Waals surface area contributed by atoms with Crippen molar-refractivity contribution in [2.24, 2.45) is 125 Å². The minimum atomic E-state index is -0.736. The highest BCUT2D eigenvalue weighted by molar-refractivity contribution is 5.79. The molecule has 0 amide bonds. The monoisotopic (exact) mass is 2030 g/mol. The standard InChI is InChI=1S/2C44H68O5.C44H64O5/c3*1-28(2)30-11-15-35-32(25-30)13-17-37-41(35,5)20-9-22-43(37,7)39(49-47)27-34(45)19-24-48-40(46)44(8)23-10-21-42(6)36-16-12-31(29(3)4)26-33(36)14-18-38(42)44/h25-26,28-29,34,37-39,45,47H,9-24,27H2,1-8H3;13-14,25-26,28-29,34-39,45,47H,9-12,15-24,27H2,1-8H3;11-12,15-16,25-26,28-29,34,37-39,45,47H,9-10,13-14,17-24,27H2,1-8H3.